The molecular weight excluding hydrogens is 382 g/mol. The number of aryl methyl sites for hydroxylation is 1. The van der Waals surface area contributed by atoms with Gasteiger partial charge in [0, 0.05) is 29.2 Å². The van der Waals surface area contributed by atoms with Gasteiger partial charge in [0.15, 0.2) is 11.0 Å². The number of aromatic amines is 1. The third-order valence-electron chi connectivity index (χ3n) is 3.97. The van der Waals surface area contributed by atoms with Crippen molar-refractivity contribution in [1.29, 1.82) is 0 Å². The molecule has 8 nitrogen and oxygen atoms in total. The highest BCUT2D eigenvalue weighted by Gasteiger charge is 2.17. The van der Waals surface area contributed by atoms with Crippen molar-refractivity contribution in [2.75, 3.05) is 11.1 Å². The van der Waals surface area contributed by atoms with E-state index in [1.807, 2.05) is 42.8 Å². The quantitative estimate of drug-likeness (QED) is 0.482. The predicted octanol–water partition coefficient (Wildman–Crippen LogP) is 3.34. The second-order valence-corrected chi connectivity index (χ2v) is 7.89. The van der Waals surface area contributed by atoms with Gasteiger partial charge in [-0.1, -0.05) is 41.3 Å². The number of amides is 1. The van der Waals surface area contributed by atoms with Crippen LogP contribution in [-0.2, 0) is 11.3 Å². The van der Waals surface area contributed by atoms with Gasteiger partial charge in [0.05, 0.1) is 5.75 Å². The Balaban J connectivity index is 1.52. The summed E-state index contributed by atoms with van der Waals surface area (Å²) in [6.45, 7) is 4.59. The summed E-state index contributed by atoms with van der Waals surface area (Å²) in [5.41, 5.74) is 2.06. The number of nitrogens with one attached hydrogen (secondary N) is 2. The second-order valence-electron chi connectivity index (χ2n) is 5.76. The first kappa shape index (κ1) is 17.7. The molecule has 0 radical (unpaired) electrons. The Morgan fingerprint density at radius 3 is 2.89 bits per heavy atom. The summed E-state index contributed by atoms with van der Waals surface area (Å²) in [5.74, 6) is 0.873. The van der Waals surface area contributed by atoms with Gasteiger partial charge in [-0.25, -0.2) is 0 Å². The third-order valence-corrected chi connectivity index (χ3v) is 5.69. The molecule has 3 aromatic heterocycles. The minimum Gasteiger partial charge on any atom is -0.360 e. The molecule has 0 aliphatic heterocycles. The molecule has 0 saturated carbocycles. The molecular formula is C17H17N7OS2. The van der Waals surface area contributed by atoms with Gasteiger partial charge < -0.3 is 9.55 Å². The average Bonchev–Trinajstić information content (AvgIpc) is 3.37. The van der Waals surface area contributed by atoms with Crippen molar-refractivity contribution in [2.45, 2.75) is 25.5 Å². The van der Waals surface area contributed by atoms with Crippen LogP contribution in [0.1, 0.15) is 11.9 Å². The lowest BCUT2D eigenvalue weighted by atomic mass is 10.1. The van der Waals surface area contributed by atoms with Crippen LogP contribution in [0.3, 0.4) is 0 Å². The van der Waals surface area contributed by atoms with Crippen LogP contribution in [0.5, 0.6) is 0 Å². The van der Waals surface area contributed by atoms with Gasteiger partial charge in [0.1, 0.15) is 5.01 Å². The highest BCUT2D eigenvalue weighted by atomic mass is 32.2. The zero-order chi connectivity index (χ0) is 18.8. The zero-order valence-corrected chi connectivity index (χ0v) is 16.4. The van der Waals surface area contributed by atoms with E-state index in [1.54, 1.807) is 0 Å². The van der Waals surface area contributed by atoms with E-state index < -0.39 is 0 Å². The van der Waals surface area contributed by atoms with E-state index in [9.17, 15) is 4.79 Å². The SMILES string of the molecule is CCn1c(SCC(=O)Nc2nnc(C)s2)nnc1-c1c[nH]c2ccccc12. The number of para-hydroxylation sites is 1. The molecule has 27 heavy (non-hydrogen) atoms. The van der Waals surface area contributed by atoms with Crippen LogP contribution >= 0.6 is 23.1 Å². The Hall–Kier alpha value is -2.72. The molecule has 138 valence electrons. The summed E-state index contributed by atoms with van der Waals surface area (Å²) in [6.07, 6.45) is 1.94. The number of hydrogen-bond donors (Lipinski definition) is 2. The van der Waals surface area contributed by atoms with Gasteiger partial charge in [0.25, 0.3) is 0 Å². The summed E-state index contributed by atoms with van der Waals surface area (Å²) in [5, 5.41) is 22.3. The molecule has 4 rings (SSSR count). The first-order valence-corrected chi connectivity index (χ1v) is 10.2. The first-order valence-electron chi connectivity index (χ1n) is 8.38. The molecule has 0 saturated heterocycles. The van der Waals surface area contributed by atoms with Crippen molar-refractivity contribution in [2.24, 2.45) is 0 Å². The fourth-order valence-electron chi connectivity index (χ4n) is 2.77. The van der Waals surface area contributed by atoms with Gasteiger partial charge in [0.2, 0.25) is 11.0 Å². The number of nitrogens with zero attached hydrogens (tertiary/aromatic N) is 5. The molecule has 2 N–H and O–H groups in total. The predicted molar refractivity (Wildman–Crippen MR) is 107 cm³/mol. The van der Waals surface area contributed by atoms with Crippen molar-refractivity contribution in [3.8, 4) is 11.4 Å². The van der Waals surface area contributed by atoms with E-state index in [4.69, 9.17) is 0 Å². The van der Waals surface area contributed by atoms with E-state index in [1.165, 1.54) is 23.1 Å². The summed E-state index contributed by atoms with van der Waals surface area (Å²) in [4.78, 5) is 15.4. The van der Waals surface area contributed by atoms with E-state index >= 15 is 0 Å². The molecule has 1 aromatic carbocycles. The number of H-pyrrole nitrogens is 1. The first-order chi connectivity index (χ1) is 13.2. The van der Waals surface area contributed by atoms with Gasteiger partial charge in [-0.15, -0.1) is 20.4 Å². The smallest absolute Gasteiger partial charge is 0.236 e. The maximum absolute atomic E-state index is 12.1. The molecule has 0 unspecified atom stereocenters. The average molecular weight is 400 g/mol. The fraction of sp³-hybridized carbons (Fsp3) is 0.235. The maximum Gasteiger partial charge on any atom is 0.236 e. The van der Waals surface area contributed by atoms with E-state index in [-0.39, 0.29) is 11.7 Å². The number of fused-ring (bicyclic) bond motifs is 1. The third kappa shape index (κ3) is 3.58. The van der Waals surface area contributed by atoms with E-state index in [2.05, 4.69) is 36.8 Å². The van der Waals surface area contributed by atoms with Gasteiger partial charge >= 0.3 is 0 Å². The topological polar surface area (TPSA) is 101 Å². The standard InChI is InChI=1S/C17H17N7OS2/c1-3-24-15(12-8-18-13-7-5-4-6-11(12)13)21-23-17(24)26-9-14(25)19-16-22-20-10(2)27-16/h4-8,18H,3,9H2,1-2H3,(H,19,22,25). The lowest BCUT2D eigenvalue weighted by Gasteiger charge is -2.06. The van der Waals surface area contributed by atoms with Crippen molar-refractivity contribution in [3.63, 3.8) is 0 Å². The molecule has 0 spiro atoms. The molecule has 3 heterocycles. The Kier molecular flexibility index (Phi) is 4.90. The largest absolute Gasteiger partial charge is 0.360 e. The van der Waals surface area contributed by atoms with Gasteiger partial charge in [-0.3, -0.25) is 10.1 Å². The minimum absolute atomic E-state index is 0.143. The molecule has 10 heteroatoms. The Labute approximate surface area is 163 Å². The Bertz CT molecular complexity index is 1100. The van der Waals surface area contributed by atoms with Crippen molar-refractivity contribution in [1.82, 2.24) is 29.9 Å². The monoisotopic (exact) mass is 399 g/mol. The number of aromatic nitrogens is 6. The fourth-order valence-corrected chi connectivity index (χ4v) is 4.18. The summed E-state index contributed by atoms with van der Waals surface area (Å²) in [6, 6.07) is 8.08. The number of rotatable bonds is 6. The van der Waals surface area contributed by atoms with Crippen LogP contribution in [0.4, 0.5) is 5.13 Å². The summed E-state index contributed by atoms with van der Waals surface area (Å²) in [7, 11) is 0. The molecule has 0 fully saturated rings. The lowest BCUT2D eigenvalue weighted by Crippen LogP contribution is -2.14. The van der Waals surface area contributed by atoms with Gasteiger partial charge in [-0.2, -0.15) is 0 Å². The number of thioether (sulfide) groups is 1. The molecule has 0 aliphatic carbocycles. The normalized spacial score (nSPS) is 11.2. The summed E-state index contributed by atoms with van der Waals surface area (Å²) < 4.78 is 2.02. The van der Waals surface area contributed by atoms with Crippen LogP contribution in [0.25, 0.3) is 22.3 Å². The molecule has 4 aromatic rings. The number of benzene rings is 1. The number of carbonyl (C=O) groups is 1. The molecule has 0 bridgehead atoms. The second kappa shape index (κ2) is 7.49. The minimum atomic E-state index is -0.143. The van der Waals surface area contributed by atoms with Crippen LogP contribution in [0, 0.1) is 6.92 Å². The lowest BCUT2D eigenvalue weighted by molar-refractivity contribution is -0.113. The Morgan fingerprint density at radius 1 is 1.26 bits per heavy atom. The highest BCUT2D eigenvalue weighted by molar-refractivity contribution is 7.99. The molecule has 0 atom stereocenters. The van der Waals surface area contributed by atoms with Crippen molar-refractivity contribution in [3.05, 3.63) is 35.5 Å². The highest BCUT2D eigenvalue weighted by Crippen LogP contribution is 2.30. The van der Waals surface area contributed by atoms with Crippen LogP contribution in [0.15, 0.2) is 35.6 Å². The van der Waals surface area contributed by atoms with Crippen LogP contribution in [-0.4, -0.2) is 41.6 Å². The Morgan fingerprint density at radius 2 is 2.11 bits per heavy atom. The molecule has 1 amide bonds. The number of anilines is 1. The number of carbonyl (C=O) groups excluding carboxylic acids is 1. The van der Waals surface area contributed by atoms with Gasteiger partial charge in [-0.05, 0) is 19.9 Å². The maximum atomic E-state index is 12.1. The molecule has 0 aliphatic rings. The van der Waals surface area contributed by atoms with Crippen LogP contribution in [0.2, 0.25) is 0 Å². The zero-order valence-electron chi connectivity index (χ0n) is 14.8. The van der Waals surface area contributed by atoms with E-state index in [0.29, 0.717) is 16.8 Å². The van der Waals surface area contributed by atoms with Crippen molar-refractivity contribution < 1.29 is 4.79 Å². The van der Waals surface area contributed by atoms with E-state index in [0.717, 1.165) is 27.3 Å². The summed E-state index contributed by atoms with van der Waals surface area (Å²) >= 11 is 2.70. The number of hydrogen-bond acceptors (Lipinski definition) is 7. The van der Waals surface area contributed by atoms with Crippen molar-refractivity contribution >= 4 is 45.0 Å². The van der Waals surface area contributed by atoms with Crippen LogP contribution < -0.4 is 5.32 Å².